The minimum absolute atomic E-state index is 0.279. The van der Waals surface area contributed by atoms with Gasteiger partial charge in [0.2, 0.25) is 0 Å². The normalized spacial score (nSPS) is 13.1. The number of hydrogen-bond donors (Lipinski definition) is 0. The number of hydrogen-bond acceptors (Lipinski definition) is 3. The van der Waals surface area contributed by atoms with Crippen molar-refractivity contribution in [3.05, 3.63) is 59.7 Å². The molecule has 84 valence electrons. The van der Waals surface area contributed by atoms with Crippen molar-refractivity contribution in [3.8, 4) is 11.5 Å². The first-order valence-electron chi connectivity index (χ1n) is 5.36. The molecule has 1 aliphatic heterocycles. The summed E-state index contributed by atoms with van der Waals surface area (Å²) in [5, 5.41) is 0. The third-order valence-electron chi connectivity index (χ3n) is 2.64. The fourth-order valence-corrected chi connectivity index (χ4v) is 1.78. The molecular weight excluding hydrogens is 216 g/mol. The van der Waals surface area contributed by atoms with Gasteiger partial charge in [-0.3, -0.25) is 0 Å². The van der Waals surface area contributed by atoms with Crippen molar-refractivity contribution in [1.82, 2.24) is 0 Å². The summed E-state index contributed by atoms with van der Waals surface area (Å²) in [5.41, 5.74) is 1.51. The second-order valence-corrected chi connectivity index (χ2v) is 3.81. The minimum Gasteiger partial charge on any atom is -0.457 e. The highest BCUT2D eigenvalue weighted by Crippen LogP contribution is 2.27. The fraction of sp³-hybridized carbons (Fsp3) is 0.0714. The van der Waals surface area contributed by atoms with E-state index in [-0.39, 0.29) is 5.97 Å². The molecule has 0 saturated heterocycles. The first-order valence-corrected chi connectivity index (χ1v) is 5.36. The van der Waals surface area contributed by atoms with Crippen molar-refractivity contribution < 1.29 is 14.3 Å². The van der Waals surface area contributed by atoms with Gasteiger partial charge < -0.3 is 9.47 Å². The number of benzene rings is 2. The Labute approximate surface area is 98.6 Å². The molecule has 2 aromatic rings. The number of ether oxygens (including phenoxy) is 2. The Morgan fingerprint density at radius 2 is 1.82 bits per heavy atom. The molecule has 0 amide bonds. The number of cyclic esters (lactones) is 1. The second-order valence-electron chi connectivity index (χ2n) is 3.81. The van der Waals surface area contributed by atoms with Crippen LogP contribution in [0.5, 0.6) is 11.5 Å². The highest BCUT2D eigenvalue weighted by molar-refractivity contribution is 5.93. The van der Waals surface area contributed by atoms with E-state index in [1.807, 2.05) is 42.5 Å². The van der Waals surface area contributed by atoms with Gasteiger partial charge in [0.1, 0.15) is 18.1 Å². The van der Waals surface area contributed by atoms with Crippen LogP contribution in [-0.2, 0) is 11.3 Å². The Bertz CT molecular complexity index is 561. The van der Waals surface area contributed by atoms with E-state index in [1.165, 1.54) is 0 Å². The molecule has 3 rings (SSSR count). The third kappa shape index (κ3) is 1.87. The maximum atomic E-state index is 11.4. The standard InChI is InChI=1S/C14H10O3/c15-14-13-8-12(7-6-10(13)9-16-14)17-11-4-2-1-3-5-11/h1-8H,9H2. The van der Waals surface area contributed by atoms with Gasteiger partial charge in [-0.25, -0.2) is 4.79 Å². The zero-order valence-corrected chi connectivity index (χ0v) is 9.05. The summed E-state index contributed by atoms with van der Waals surface area (Å²) in [7, 11) is 0. The molecule has 0 saturated carbocycles. The van der Waals surface area contributed by atoms with Gasteiger partial charge in [-0.2, -0.15) is 0 Å². The van der Waals surface area contributed by atoms with Crippen LogP contribution in [0, 0.1) is 0 Å². The van der Waals surface area contributed by atoms with Gasteiger partial charge in [0.15, 0.2) is 0 Å². The van der Waals surface area contributed by atoms with Crippen LogP contribution in [0.25, 0.3) is 0 Å². The maximum absolute atomic E-state index is 11.4. The van der Waals surface area contributed by atoms with E-state index in [4.69, 9.17) is 9.47 Å². The van der Waals surface area contributed by atoms with Gasteiger partial charge in [0.25, 0.3) is 0 Å². The summed E-state index contributed by atoms with van der Waals surface area (Å²) in [6.07, 6.45) is 0. The van der Waals surface area contributed by atoms with Crippen LogP contribution < -0.4 is 4.74 Å². The first kappa shape index (κ1) is 9.90. The molecule has 2 aromatic carbocycles. The van der Waals surface area contributed by atoms with Gasteiger partial charge in [0, 0.05) is 5.56 Å². The quantitative estimate of drug-likeness (QED) is 0.738. The highest BCUT2D eigenvalue weighted by Gasteiger charge is 2.21. The van der Waals surface area contributed by atoms with Crippen LogP contribution in [0.2, 0.25) is 0 Å². The molecular formula is C14H10O3. The van der Waals surface area contributed by atoms with Gasteiger partial charge in [0.05, 0.1) is 5.56 Å². The topological polar surface area (TPSA) is 35.5 Å². The molecule has 0 spiro atoms. The molecule has 1 heterocycles. The summed E-state index contributed by atoms with van der Waals surface area (Å²) in [4.78, 5) is 11.4. The van der Waals surface area contributed by atoms with Crippen molar-refractivity contribution in [2.24, 2.45) is 0 Å². The van der Waals surface area contributed by atoms with Gasteiger partial charge >= 0.3 is 5.97 Å². The molecule has 0 radical (unpaired) electrons. The van der Waals surface area contributed by atoms with Crippen LogP contribution in [0.15, 0.2) is 48.5 Å². The summed E-state index contributed by atoms with van der Waals surface area (Å²) in [5.74, 6) is 1.12. The number of esters is 1. The van der Waals surface area contributed by atoms with E-state index in [2.05, 4.69) is 0 Å². The molecule has 0 unspecified atom stereocenters. The predicted octanol–water partition coefficient (Wildman–Crippen LogP) is 3.15. The van der Waals surface area contributed by atoms with E-state index in [0.717, 1.165) is 11.3 Å². The number of carbonyl (C=O) groups is 1. The van der Waals surface area contributed by atoms with E-state index >= 15 is 0 Å². The molecule has 1 aliphatic rings. The van der Waals surface area contributed by atoms with Crippen molar-refractivity contribution in [1.29, 1.82) is 0 Å². The van der Waals surface area contributed by atoms with Crippen LogP contribution in [0.4, 0.5) is 0 Å². The molecule has 0 aromatic heterocycles. The Morgan fingerprint density at radius 3 is 2.65 bits per heavy atom. The van der Waals surface area contributed by atoms with Gasteiger partial charge in [-0.05, 0) is 24.3 Å². The molecule has 0 bridgehead atoms. The average Bonchev–Trinajstić information content (AvgIpc) is 2.73. The maximum Gasteiger partial charge on any atom is 0.339 e. The zero-order chi connectivity index (χ0) is 11.7. The molecule has 3 heteroatoms. The van der Waals surface area contributed by atoms with Crippen LogP contribution >= 0.6 is 0 Å². The number of fused-ring (bicyclic) bond motifs is 1. The van der Waals surface area contributed by atoms with E-state index < -0.39 is 0 Å². The predicted molar refractivity (Wildman–Crippen MR) is 62.1 cm³/mol. The summed E-state index contributed by atoms with van der Waals surface area (Å²) < 4.78 is 10.6. The lowest BCUT2D eigenvalue weighted by Gasteiger charge is -2.05. The lowest BCUT2D eigenvalue weighted by atomic mass is 10.1. The first-order chi connectivity index (χ1) is 8.33. The Hall–Kier alpha value is -2.29. The highest BCUT2D eigenvalue weighted by atomic mass is 16.5. The van der Waals surface area contributed by atoms with E-state index in [1.54, 1.807) is 6.07 Å². The Balaban J connectivity index is 1.90. The third-order valence-corrected chi connectivity index (χ3v) is 2.64. The molecule has 0 atom stereocenters. The van der Waals surface area contributed by atoms with Crippen molar-refractivity contribution in [2.75, 3.05) is 0 Å². The van der Waals surface area contributed by atoms with Gasteiger partial charge in [-0.1, -0.05) is 24.3 Å². The monoisotopic (exact) mass is 226 g/mol. The zero-order valence-electron chi connectivity index (χ0n) is 9.05. The lowest BCUT2D eigenvalue weighted by Crippen LogP contribution is -1.94. The fourth-order valence-electron chi connectivity index (χ4n) is 1.78. The molecule has 0 fully saturated rings. The minimum atomic E-state index is -0.279. The van der Waals surface area contributed by atoms with Crippen LogP contribution in [0.3, 0.4) is 0 Å². The van der Waals surface area contributed by atoms with Gasteiger partial charge in [-0.15, -0.1) is 0 Å². The largest absolute Gasteiger partial charge is 0.457 e. The van der Waals surface area contributed by atoms with Crippen molar-refractivity contribution in [3.63, 3.8) is 0 Å². The average molecular weight is 226 g/mol. The smallest absolute Gasteiger partial charge is 0.339 e. The lowest BCUT2D eigenvalue weighted by molar-refractivity contribution is 0.0535. The molecule has 0 N–H and O–H groups in total. The molecule has 17 heavy (non-hydrogen) atoms. The molecule has 3 nitrogen and oxygen atoms in total. The molecule has 0 aliphatic carbocycles. The van der Waals surface area contributed by atoms with E-state index in [9.17, 15) is 4.79 Å². The SMILES string of the molecule is O=C1OCc2ccc(Oc3ccccc3)cc21. The summed E-state index contributed by atoms with van der Waals surface area (Å²) >= 11 is 0. The van der Waals surface area contributed by atoms with Crippen LogP contribution in [-0.4, -0.2) is 5.97 Å². The Morgan fingerprint density at radius 1 is 1.00 bits per heavy atom. The Kier molecular flexibility index (Phi) is 2.29. The number of para-hydroxylation sites is 1. The van der Waals surface area contributed by atoms with Crippen molar-refractivity contribution >= 4 is 5.97 Å². The number of carbonyl (C=O) groups excluding carboxylic acids is 1. The number of rotatable bonds is 2. The van der Waals surface area contributed by atoms with Crippen molar-refractivity contribution in [2.45, 2.75) is 6.61 Å². The second kappa shape index (κ2) is 3.94. The van der Waals surface area contributed by atoms with E-state index in [0.29, 0.717) is 17.9 Å². The summed E-state index contributed by atoms with van der Waals surface area (Å²) in [6, 6.07) is 14.9. The van der Waals surface area contributed by atoms with Crippen LogP contribution in [0.1, 0.15) is 15.9 Å². The summed E-state index contributed by atoms with van der Waals surface area (Å²) in [6.45, 7) is 0.361.